The summed E-state index contributed by atoms with van der Waals surface area (Å²) < 4.78 is 23.6. The van der Waals surface area contributed by atoms with E-state index in [9.17, 15) is 13.2 Å². The molecule has 27 heavy (non-hydrogen) atoms. The summed E-state index contributed by atoms with van der Waals surface area (Å²) in [6, 6.07) is 7.08. The highest BCUT2D eigenvalue weighted by Crippen LogP contribution is 2.23. The van der Waals surface area contributed by atoms with Crippen LogP contribution in [0.25, 0.3) is 0 Å². The van der Waals surface area contributed by atoms with Crippen LogP contribution in [-0.2, 0) is 14.6 Å². The predicted octanol–water partition coefficient (Wildman–Crippen LogP) is 1.59. The van der Waals surface area contributed by atoms with Gasteiger partial charge < -0.3 is 15.5 Å². The van der Waals surface area contributed by atoms with Crippen LogP contribution in [0.15, 0.2) is 30.5 Å². The Morgan fingerprint density at radius 2 is 2.11 bits per heavy atom. The van der Waals surface area contributed by atoms with Crippen molar-refractivity contribution in [1.29, 1.82) is 0 Å². The summed E-state index contributed by atoms with van der Waals surface area (Å²) >= 11 is 0. The van der Waals surface area contributed by atoms with E-state index in [1.54, 1.807) is 12.1 Å². The van der Waals surface area contributed by atoms with Crippen molar-refractivity contribution in [3.05, 3.63) is 30.5 Å². The number of nitrogens with one attached hydrogen (secondary N) is 2. The first-order valence-corrected chi connectivity index (χ1v) is 10.5. The number of amides is 1. The first kappa shape index (κ1) is 19.0. The summed E-state index contributed by atoms with van der Waals surface area (Å²) in [5.41, 5.74) is 1.40. The molecule has 144 valence electrons. The Kier molecular flexibility index (Phi) is 5.54. The number of carbonyl (C=O) groups excluding carboxylic acids is 1. The lowest BCUT2D eigenvalue weighted by Gasteiger charge is -2.26. The van der Waals surface area contributed by atoms with Crippen molar-refractivity contribution < 1.29 is 13.2 Å². The van der Waals surface area contributed by atoms with E-state index in [0.717, 1.165) is 5.69 Å². The molecule has 1 aromatic carbocycles. The maximum Gasteiger partial charge on any atom is 0.247 e. The van der Waals surface area contributed by atoms with Crippen LogP contribution in [0.2, 0.25) is 0 Å². The number of nitrogens with zero attached hydrogens (tertiary/aromatic N) is 4. The SMILES string of the molecule is CCN(c1nncc(Nc2cccc(NC(C)=O)c2)n1)C1CCS(=O)(=O)C1. The average molecular weight is 390 g/mol. The fraction of sp³-hybridized carbons (Fsp3) is 0.412. The molecule has 1 atom stereocenters. The highest BCUT2D eigenvalue weighted by atomic mass is 32.2. The van der Waals surface area contributed by atoms with Crippen LogP contribution in [0.3, 0.4) is 0 Å². The third-order valence-corrected chi connectivity index (χ3v) is 6.00. The van der Waals surface area contributed by atoms with Crippen molar-refractivity contribution in [3.8, 4) is 0 Å². The van der Waals surface area contributed by atoms with Gasteiger partial charge in [-0.15, -0.1) is 5.10 Å². The molecule has 1 fully saturated rings. The van der Waals surface area contributed by atoms with Crippen LogP contribution in [-0.4, -0.2) is 53.6 Å². The Labute approximate surface area is 158 Å². The van der Waals surface area contributed by atoms with Crippen molar-refractivity contribution in [3.63, 3.8) is 0 Å². The van der Waals surface area contributed by atoms with Crippen LogP contribution in [0, 0.1) is 0 Å². The fourth-order valence-corrected chi connectivity index (χ4v) is 4.82. The minimum atomic E-state index is -3.00. The molecule has 0 saturated carbocycles. The number of anilines is 4. The van der Waals surface area contributed by atoms with E-state index in [2.05, 4.69) is 25.8 Å². The van der Waals surface area contributed by atoms with Gasteiger partial charge in [-0.2, -0.15) is 10.1 Å². The molecule has 1 unspecified atom stereocenters. The molecule has 2 heterocycles. The largest absolute Gasteiger partial charge is 0.339 e. The number of hydrogen-bond donors (Lipinski definition) is 2. The van der Waals surface area contributed by atoms with E-state index in [0.29, 0.717) is 30.4 Å². The number of rotatable bonds is 6. The molecule has 0 bridgehead atoms. The van der Waals surface area contributed by atoms with E-state index in [-0.39, 0.29) is 23.5 Å². The Morgan fingerprint density at radius 3 is 2.78 bits per heavy atom. The number of carbonyl (C=O) groups is 1. The van der Waals surface area contributed by atoms with Gasteiger partial charge in [-0.3, -0.25) is 4.79 Å². The van der Waals surface area contributed by atoms with E-state index < -0.39 is 9.84 Å². The number of hydrogen-bond acceptors (Lipinski definition) is 8. The maximum absolute atomic E-state index is 11.8. The van der Waals surface area contributed by atoms with Gasteiger partial charge in [0.15, 0.2) is 15.7 Å². The van der Waals surface area contributed by atoms with Gasteiger partial charge in [-0.1, -0.05) is 6.07 Å². The van der Waals surface area contributed by atoms with Gasteiger partial charge in [0.2, 0.25) is 11.9 Å². The predicted molar refractivity (Wildman–Crippen MR) is 104 cm³/mol. The Morgan fingerprint density at radius 1 is 1.33 bits per heavy atom. The van der Waals surface area contributed by atoms with Crippen molar-refractivity contribution >= 4 is 38.9 Å². The molecule has 9 nitrogen and oxygen atoms in total. The van der Waals surface area contributed by atoms with Gasteiger partial charge in [0.25, 0.3) is 0 Å². The van der Waals surface area contributed by atoms with Gasteiger partial charge >= 0.3 is 0 Å². The van der Waals surface area contributed by atoms with E-state index in [4.69, 9.17) is 0 Å². The molecule has 1 amide bonds. The van der Waals surface area contributed by atoms with Gasteiger partial charge in [0.05, 0.1) is 17.7 Å². The summed E-state index contributed by atoms with van der Waals surface area (Å²) in [6.07, 6.45) is 2.06. The molecule has 0 aliphatic carbocycles. The van der Waals surface area contributed by atoms with Gasteiger partial charge in [0, 0.05) is 30.9 Å². The average Bonchev–Trinajstić information content (AvgIpc) is 2.95. The molecule has 1 aromatic heterocycles. The smallest absolute Gasteiger partial charge is 0.247 e. The first-order valence-electron chi connectivity index (χ1n) is 8.68. The van der Waals surface area contributed by atoms with Crippen molar-refractivity contribution in [2.24, 2.45) is 0 Å². The zero-order valence-electron chi connectivity index (χ0n) is 15.2. The second-order valence-electron chi connectivity index (χ2n) is 6.37. The molecule has 2 N–H and O–H groups in total. The Hall–Kier alpha value is -2.75. The Bertz CT molecular complexity index is 934. The summed E-state index contributed by atoms with van der Waals surface area (Å²) in [6.45, 7) is 3.97. The van der Waals surface area contributed by atoms with Crippen molar-refractivity contribution in [2.75, 3.05) is 33.6 Å². The third kappa shape index (κ3) is 4.91. The quantitative estimate of drug-likeness (QED) is 0.764. The van der Waals surface area contributed by atoms with Crippen LogP contribution in [0.1, 0.15) is 20.3 Å². The lowest BCUT2D eigenvalue weighted by atomic mass is 10.2. The first-order chi connectivity index (χ1) is 12.9. The highest BCUT2D eigenvalue weighted by molar-refractivity contribution is 7.91. The van der Waals surface area contributed by atoms with Gasteiger partial charge in [-0.25, -0.2) is 8.42 Å². The minimum absolute atomic E-state index is 0.112. The second kappa shape index (κ2) is 7.87. The maximum atomic E-state index is 11.8. The minimum Gasteiger partial charge on any atom is -0.339 e. The molecule has 1 aliphatic heterocycles. The lowest BCUT2D eigenvalue weighted by Crippen LogP contribution is -2.37. The monoisotopic (exact) mass is 390 g/mol. The molecule has 1 aliphatic rings. The second-order valence-corrected chi connectivity index (χ2v) is 8.60. The van der Waals surface area contributed by atoms with E-state index >= 15 is 0 Å². The molecule has 0 spiro atoms. The summed E-state index contributed by atoms with van der Waals surface area (Å²) in [5.74, 6) is 1.03. The van der Waals surface area contributed by atoms with Gasteiger partial charge in [-0.05, 0) is 31.5 Å². The number of aromatic nitrogens is 3. The molecule has 2 aromatic rings. The van der Waals surface area contributed by atoms with Crippen LogP contribution >= 0.6 is 0 Å². The van der Waals surface area contributed by atoms with Gasteiger partial charge in [0.1, 0.15) is 0 Å². The number of benzene rings is 1. The highest BCUT2D eigenvalue weighted by Gasteiger charge is 2.33. The zero-order valence-corrected chi connectivity index (χ0v) is 16.0. The van der Waals surface area contributed by atoms with Crippen molar-refractivity contribution in [2.45, 2.75) is 26.3 Å². The van der Waals surface area contributed by atoms with E-state index in [1.807, 2.05) is 24.0 Å². The van der Waals surface area contributed by atoms with Crippen LogP contribution in [0.4, 0.5) is 23.1 Å². The molecule has 3 rings (SSSR count). The molecule has 1 saturated heterocycles. The Balaban J connectivity index is 1.78. The molecular weight excluding hydrogens is 368 g/mol. The normalized spacial score (nSPS) is 18.1. The molecule has 0 radical (unpaired) electrons. The van der Waals surface area contributed by atoms with E-state index in [1.165, 1.54) is 13.1 Å². The standard InChI is InChI=1S/C17H22N6O3S/c1-3-23(15-7-8-27(25,26)11-15)17-21-16(10-18-22-17)20-14-6-4-5-13(9-14)19-12(2)24/h4-6,9-10,15H,3,7-8,11H2,1-2H3,(H,19,24)(H,20,21,22). The summed E-state index contributed by atoms with van der Waals surface area (Å²) in [5, 5.41) is 13.9. The lowest BCUT2D eigenvalue weighted by molar-refractivity contribution is -0.114. The van der Waals surface area contributed by atoms with Crippen LogP contribution in [0.5, 0.6) is 0 Å². The topological polar surface area (TPSA) is 117 Å². The summed E-state index contributed by atoms with van der Waals surface area (Å²) in [4.78, 5) is 17.5. The van der Waals surface area contributed by atoms with Crippen LogP contribution < -0.4 is 15.5 Å². The third-order valence-electron chi connectivity index (χ3n) is 4.25. The number of sulfone groups is 1. The molecule has 10 heteroatoms. The summed E-state index contributed by atoms with van der Waals surface area (Å²) in [7, 11) is -3.00. The molecular formula is C17H22N6O3S. The fourth-order valence-electron chi connectivity index (χ4n) is 3.09. The van der Waals surface area contributed by atoms with Crippen molar-refractivity contribution in [1.82, 2.24) is 15.2 Å². The zero-order chi connectivity index (χ0) is 19.4.